The van der Waals surface area contributed by atoms with Gasteiger partial charge in [-0.25, -0.2) is 0 Å². The van der Waals surface area contributed by atoms with Crippen molar-refractivity contribution in [1.29, 1.82) is 0 Å². The maximum Gasteiger partial charge on any atom is 0.251 e. The van der Waals surface area contributed by atoms with Crippen LogP contribution in [0.3, 0.4) is 0 Å². The minimum Gasteiger partial charge on any atom is -0.272 e. The second kappa shape index (κ2) is 9.39. The summed E-state index contributed by atoms with van der Waals surface area (Å²) in [6, 6.07) is 19.4. The molecule has 0 aliphatic heterocycles. The summed E-state index contributed by atoms with van der Waals surface area (Å²) in [6.45, 7) is 3.61. The van der Waals surface area contributed by atoms with Crippen LogP contribution in [0.4, 0.5) is 0 Å². The SMILES string of the molecule is C[C@H](Sc1ccccc1)C(=O)NNC(=O)[C@@H](C)Sc1ccccc1. The van der Waals surface area contributed by atoms with Crippen LogP contribution in [0.15, 0.2) is 70.5 Å². The van der Waals surface area contributed by atoms with E-state index in [2.05, 4.69) is 10.9 Å². The van der Waals surface area contributed by atoms with Gasteiger partial charge in [0, 0.05) is 9.79 Å². The van der Waals surface area contributed by atoms with Crippen LogP contribution in [0.5, 0.6) is 0 Å². The lowest BCUT2D eigenvalue weighted by Crippen LogP contribution is -2.47. The smallest absolute Gasteiger partial charge is 0.251 e. The summed E-state index contributed by atoms with van der Waals surface area (Å²) in [5.74, 6) is -0.455. The lowest BCUT2D eigenvalue weighted by molar-refractivity contribution is -0.128. The molecular weight excluding hydrogens is 340 g/mol. The first-order chi connectivity index (χ1) is 11.6. The molecule has 4 nitrogen and oxygen atoms in total. The maximum atomic E-state index is 12.1. The van der Waals surface area contributed by atoms with Crippen LogP contribution < -0.4 is 10.9 Å². The molecule has 0 saturated heterocycles. The minimum atomic E-state index is -0.301. The summed E-state index contributed by atoms with van der Waals surface area (Å²) < 4.78 is 0. The standard InChI is InChI=1S/C18H20N2O2S2/c1-13(23-15-9-5-3-6-10-15)17(21)19-20-18(22)14(2)24-16-11-7-4-8-12-16/h3-14H,1-2H3,(H,19,21)(H,20,22)/t13-,14+. The molecule has 126 valence electrons. The van der Waals surface area contributed by atoms with E-state index in [0.717, 1.165) is 9.79 Å². The van der Waals surface area contributed by atoms with Gasteiger partial charge in [0.25, 0.3) is 11.8 Å². The quantitative estimate of drug-likeness (QED) is 0.611. The molecule has 2 atom stereocenters. The number of carbonyl (C=O) groups excluding carboxylic acids is 2. The fourth-order valence-corrected chi connectivity index (χ4v) is 3.62. The molecule has 0 unspecified atom stereocenters. The zero-order valence-electron chi connectivity index (χ0n) is 13.6. The molecule has 0 spiro atoms. The fourth-order valence-electron chi connectivity index (χ4n) is 1.84. The average molecular weight is 361 g/mol. The van der Waals surface area contributed by atoms with E-state index in [1.807, 2.05) is 60.7 Å². The van der Waals surface area contributed by atoms with Gasteiger partial charge in [-0.1, -0.05) is 36.4 Å². The monoisotopic (exact) mass is 360 g/mol. The van der Waals surface area contributed by atoms with E-state index >= 15 is 0 Å². The van der Waals surface area contributed by atoms with E-state index in [0.29, 0.717) is 0 Å². The maximum absolute atomic E-state index is 12.1. The van der Waals surface area contributed by atoms with E-state index in [-0.39, 0.29) is 22.3 Å². The molecule has 0 aromatic heterocycles. The van der Waals surface area contributed by atoms with Crippen molar-refractivity contribution in [2.75, 3.05) is 0 Å². The highest BCUT2D eigenvalue weighted by molar-refractivity contribution is 8.00. The predicted octanol–water partition coefficient (Wildman–Crippen LogP) is 3.50. The van der Waals surface area contributed by atoms with Crippen molar-refractivity contribution >= 4 is 35.3 Å². The summed E-state index contributed by atoms with van der Waals surface area (Å²) in [5, 5.41) is -0.602. The van der Waals surface area contributed by atoms with Gasteiger partial charge in [-0.3, -0.25) is 20.4 Å². The Morgan fingerprint density at radius 3 is 1.38 bits per heavy atom. The Hall–Kier alpha value is -1.92. The number of amides is 2. The van der Waals surface area contributed by atoms with Crippen LogP contribution >= 0.6 is 23.5 Å². The molecule has 0 aliphatic rings. The van der Waals surface area contributed by atoms with E-state index in [1.54, 1.807) is 13.8 Å². The Morgan fingerprint density at radius 1 is 0.708 bits per heavy atom. The minimum absolute atomic E-state index is 0.228. The van der Waals surface area contributed by atoms with E-state index < -0.39 is 0 Å². The molecule has 24 heavy (non-hydrogen) atoms. The van der Waals surface area contributed by atoms with Crippen molar-refractivity contribution in [3.8, 4) is 0 Å². The first-order valence-corrected chi connectivity index (χ1v) is 9.35. The lowest BCUT2D eigenvalue weighted by atomic mass is 10.4. The molecule has 2 aromatic rings. The van der Waals surface area contributed by atoms with Gasteiger partial charge in [0.1, 0.15) is 0 Å². The number of hydrazine groups is 1. The van der Waals surface area contributed by atoms with Gasteiger partial charge in [-0.15, -0.1) is 23.5 Å². The topological polar surface area (TPSA) is 58.2 Å². The molecule has 0 saturated carbocycles. The van der Waals surface area contributed by atoms with Crippen LogP contribution in [0.1, 0.15) is 13.8 Å². The molecule has 0 fully saturated rings. The zero-order chi connectivity index (χ0) is 17.4. The van der Waals surface area contributed by atoms with Crippen LogP contribution in [0, 0.1) is 0 Å². The Bertz CT molecular complexity index is 606. The highest BCUT2D eigenvalue weighted by Gasteiger charge is 2.18. The molecule has 6 heteroatoms. The summed E-state index contributed by atoms with van der Waals surface area (Å²) in [4.78, 5) is 26.2. The number of rotatable bonds is 6. The van der Waals surface area contributed by atoms with E-state index in [1.165, 1.54) is 23.5 Å². The van der Waals surface area contributed by atoms with Crippen LogP contribution in [-0.2, 0) is 9.59 Å². The highest BCUT2D eigenvalue weighted by atomic mass is 32.2. The molecular formula is C18H20N2O2S2. The molecule has 2 amide bonds. The van der Waals surface area contributed by atoms with Crippen molar-refractivity contribution in [2.24, 2.45) is 0 Å². The molecule has 0 bridgehead atoms. The molecule has 2 rings (SSSR count). The summed E-state index contributed by atoms with van der Waals surface area (Å²) in [5.41, 5.74) is 4.99. The number of hydrogen-bond acceptors (Lipinski definition) is 4. The van der Waals surface area contributed by atoms with Crippen molar-refractivity contribution in [3.63, 3.8) is 0 Å². The first kappa shape index (κ1) is 18.4. The van der Waals surface area contributed by atoms with E-state index in [4.69, 9.17) is 0 Å². The Kier molecular flexibility index (Phi) is 7.21. The molecule has 0 radical (unpaired) electrons. The summed E-state index contributed by atoms with van der Waals surface area (Å²) >= 11 is 2.89. The van der Waals surface area contributed by atoms with Gasteiger partial charge in [0.15, 0.2) is 0 Å². The van der Waals surface area contributed by atoms with Crippen molar-refractivity contribution < 1.29 is 9.59 Å². The normalized spacial score (nSPS) is 12.9. The van der Waals surface area contributed by atoms with Gasteiger partial charge < -0.3 is 0 Å². The highest BCUT2D eigenvalue weighted by Crippen LogP contribution is 2.23. The third kappa shape index (κ3) is 5.94. The van der Waals surface area contributed by atoms with Crippen molar-refractivity contribution in [2.45, 2.75) is 34.1 Å². The summed E-state index contributed by atoms with van der Waals surface area (Å²) in [6.07, 6.45) is 0. The van der Waals surface area contributed by atoms with Gasteiger partial charge in [-0.2, -0.15) is 0 Å². The Morgan fingerprint density at radius 2 is 1.04 bits per heavy atom. The number of thioether (sulfide) groups is 2. The summed E-state index contributed by atoms with van der Waals surface area (Å²) in [7, 11) is 0. The van der Waals surface area contributed by atoms with Gasteiger partial charge >= 0.3 is 0 Å². The predicted molar refractivity (Wildman–Crippen MR) is 99.8 cm³/mol. The van der Waals surface area contributed by atoms with E-state index in [9.17, 15) is 9.59 Å². The molecule has 0 aliphatic carbocycles. The molecule has 0 heterocycles. The van der Waals surface area contributed by atoms with Crippen LogP contribution in [-0.4, -0.2) is 22.3 Å². The van der Waals surface area contributed by atoms with Crippen LogP contribution in [0.2, 0.25) is 0 Å². The third-order valence-corrected chi connectivity index (χ3v) is 5.38. The Labute approximate surface area is 150 Å². The zero-order valence-corrected chi connectivity index (χ0v) is 15.2. The lowest BCUT2D eigenvalue weighted by Gasteiger charge is -2.15. The number of benzene rings is 2. The molecule has 2 N–H and O–H groups in total. The third-order valence-electron chi connectivity index (χ3n) is 3.16. The average Bonchev–Trinajstić information content (AvgIpc) is 2.61. The van der Waals surface area contributed by atoms with Gasteiger partial charge in [0.05, 0.1) is 10.5 Å². The van der Waals surface area contributed by atoms with Crippen LogP contribution in [0.25, 0.3) is 0 Å². The van der Waals surface area contributed by atoms with Gasteiger partial charge in [-0.05, 0) is 38.1 Å². The van der Waals surface area contributed by atoms with Crippen molar-refractivity contribution in [1.82, 2.24) is 10.9 Å². The first-order valence-electron chi connectivity index (χ1n) is 7.59. The second-order valence-corrected chi connectivity index (χ2v) is 7.95. The van der Waals surface area contributed by atoms with Gasteiger partial charge in [0.2, 0.25) is 0 Å². The second-order valence-electron chi connectivity index (χ2n) is 5.12. The number of carbonyl (C=O) groups is 2. The number of hydrogen-bond donors (Lipinski definition) is 2. The molecule has 2 aromatic carbocycles. The fraction of sp³-hybridized carbons (Fsp3) is 0.222. The number of nitrogens with one attached hydrogen (secondary N) is 2. The Balaban J connectivity index is 1.77. The van der Waals surface area contributed by atoms with Crippen molar-refractivity contribution in [3.05, 3.63) is 60.7 Å². The largest absolute Gasteiger partial charge is 0.272 e.